The molecule has 0 radical (unpaired) electrons. The molecule has 3 rings (SSSR count). The Bertz CT molecular complexity index is 408. The average molecular weight is 203 g/mol. The molecule has 0 N–H and O–H groups in total. The summed E-state index contributed by atoms with van der Waals surface area (Å²) in [7, 11) is 1.60. The standard InChI is InChI=1S/C12H13NO2/c1-13-11(14)9-5-7-3-2-4-8(7)6-10(9)12(13)15/h2-4,7,9-10H,5-6H2,1H3. The van der Waals surface area contributed by atoms with Crippen molar-refractivity contribution in [2.75, 3.05) is 7.05 Å². The number of carbonyl (C=O) groups excluding carboxylic acids is 2. The number of carbonyl (C=O) groups is 2. The van der Waals surface area contributed by atoms with Gasteiger partial charge >= 0.3 is 0 Å². The molecular weight excluding hydrogens is 190 g/mol. The topological polar surface area (TPSA) is 37.4 Å². The lowest BCUT2D eigenvalue weighted by Crippen LogP contribution is -2.27. The van der Waals surface area contributed by atoms with Crippen LogP contribution >= 0.6 is 0 Å². The summed E-state index contributed by atoms with van der Waals surface area (Å²) in [6, 6.07) is 0. The van der Waals surface area contributed by atoms with Gasteiger partial charge in [0.25, 0.3) is 0 Å². The molecule has 2 fully saturated rings. The summed E-state index contributed by atoms with van der Waals surface area (Å²) in [5.74, 6) is 0.299. The third-order valence-electron chi connectivity index (χ3n) is 3.87. The van der Waals surface area contributed by atoms with E-state index in [1.807, 2.05) is 6.08 Å². The lowest BCUT2D eigenvalue weighted by atomic mass is 9.74. The third kappa shape index (κ3) is 1.06. The van der Waals surface area contributed by atoms with E-state index in [1.165, 1.54) is 10.5 Å². The summed E-state index contributed by atoms with van der Waals surface area (Å²) < 4.78 is 0. The molecule has 3 nitrogen and oxygen atoms in total. The first-order valence-corrected chi connectivity index (χ1v) is 5.37. The van der Waals surface area contributed by atoms with Crippen LogP contribution in [0.25, 0.3) is 0 Å². The van der Waals surface area contributed by atoms with E-state index in [2.05, 4.69) is 12.2 Å². The molecule has 1 saturated carbocycles. The van der Waals surface area contributed by atoms with E-state index in [1.54, 1.807) is 7.05 Å². The number of imide groups is 1. The van der Waals surface area contributed by atoms with E-state index in [-0.39, 0.29) is 23.7 Å². The van der Waals surface area contributed by atoms with Crippen molar-refractivity contribution < 1.29 is 9.59 Å². The highest BCUT2D eigenvalue weighted by molar-refractivity contribution is 6.05. The van der Waals surface area contributed by atoms with Crippen LogP contribution in [-0.2, 0) is 9.59 Å². The van der Waals surface area contributed by atoms with Gasteiger partial charge in [-0.1, -0.05) is 23.8 Å². The Kier molecular flexibility index (Phi) is 1.67. The Hall–Kier alpha value is -1.38. The van der Waals surface area contributed by atoms with E-state index >= 15 is 0 Å². The van der Waals surface area contributed by atoms with Crippen LogP contribution in [0.4, 0.5) is 0 Å². The number of allylic oxidation sites excluding steroid dienone is 4. The Labute approximate surface area is 88.4 Å². The maximum absolute atomic E-state index is 11.8. The molecule has 2 aliphatic carbocycles. The number of amides is 2. The molecule has 1 saturated heterocycles. The zero-order valence-electron chi connectivity index (χ0n) is 8.64. The first-order chi connectivity index (χ1) is 7.18. The minimum atomic E-state index is -0.0788. The zero-order chi connectivity index (χ0) is 10.6. The van der Waals surface area contributed by atoms with Crippen molar-refractivity contribution in [2.24, 2.45) is 17.8 Å². The number of fused-ring (bicyclic) bond motifs is 2. The molecule has 78 valence electrons. The van der Waals surface area contributed by atoms with E-state index < -0.39 is 0 Å². The second-order valence-corrected chi connectivity index (χ2v) is 4.62. The highest BCUT2D eigenvalue weighted by Gasteiger charge is 2.49. The van der Waals surface area contributed by atoms with Crippen LogP contribution in [0.5, 0.6) is 0 Å². The third-order valence-corrected chi connectivity index (χ3v) is 3.87. The van der Waals surface area contributed by atoms with Crippen LogP contribution in [0.3, 0.4) is 0 Å². The Morgan fingerprint density at radius 1 is 1.27 bits per heavy atom. The van der Waals surface area contributed by atoms with Crippen molar-refractivity contribution in [3.63, 3.8) is 0 Å². The Balaban J connectivity index is 1.94. The molecule has 0 aromatic carbocycles. The molecule has 15 heavy (non-hydrogen) atoms. The Morgan fingerprint density at radius 3 is 2.80 bits per heavy atom. The molecule has 0 spiro atoms. The summed E-state index contributed by atoms with van der Waals surface area (Å²) >= 11 is 0. The van der Waals surface area contributed by atoms with Gasteiger partial charge < -0.3 is 0 Å². The minimum Gasteiger partial charge on any atom is -0.285 e. The average Bonchev–Trinajstić information content (AvgIpc) is 2.77. The van der Waals surface area contributed by atoms with Gasteiger partial charge in [0.15, 0.2) is 0 Å². The van der Waals surface area contributed by atoms with Crippen molar-refractivity contribution in [1.29, 1.82) is 0 Å². The van der Waals surface area contributed by atoms with Gasteiger partial charge in [-0.3, -0.25) is 14.5 Å². The minimum absolute atomic E-state index is 0.0104. The molecule has 3 heteroatoms. The number of hydrogen-bond acceptors (Lipinski definition) is 2. The number of nitrogens with zero attached hydrogens (tertiary/aromatic N) is 1. The fourth-order valence-electron chi connectivity index (χ4n) is 2.98. The van der Waals surface area contributed by atoms with Gasteiger partial charge in [-0.2, -0.15) is 0 Å². The number of rotatable bonds is 0. The molecule has 3 unspecified atom stereocenters. The zero-order valence-corrected chi connectivity index (χ0v) is 8.64. The molecule has 1 aliphatic heterocycles. The van der Waals surface area contributed by atoms with Crippen LogP contribution in [0.15, 0.2) is 23.8 Å². The van der Waals surface area contributed by atoms with Gasteiger partial charge in [0.05, 0.1) is 11.8 Å². The highest BCUT2D eigenvalue weighted by Crippen LogP contribution is 2.44. The molecule has 1 heterocycles. The summed E-state index contributed by atoms with van der Waals surface area (Å²) in [5, 5.41) is 0. The van der Waals surface area contributed by atoms with Crippen LogP contribution in [0, 0.1) is 17.8 Å². The largest absolute Gasteiger partial charge is 0.285 e. The normalized spacial score (nSPS) is 38.1. The Morgan fingerprint density at radius 2 is 2.00 bits per heavy atom. The second kappa shape index (κ2) is 2.81. The highest BCUT2D eigenvalue weighted by atomic mass is 16.2. The molecule has 0 bridgehead atoms. The van der Waals surface area contributed by atoms with E-state index in [0.717, 1.165) is 12.8 Å². The van der Waals surface area contributed by atoms with Crippen LogP contribution in [0.2, 0.25) is 0 Å². The smallest absolute Gasteiger partial charge is 0.233 e. The maximum atomic E-state index is 11.8. The van der Waals surface area contributed by atoms with Crippen molar-refractivity contribution in [2.45, 2.75) is 12.8 Å². The van der Waals surface area contributed by atoms with Crippen molar-refractivity contribution in [1.82, 2.24) is 4.90 Å². The van der Waals surface area contributed by atoms with Gasteiger partial charge in [-0.05, 0) is 18.8 Å². The molecule has 3 aliphatic rings. The van der Waals surface area contributed by atoms with E-state index in [4.69, 9.17) is 0 Å². The SMILES string of the molecule is CN1C(=O)C2CC3=CC=CC3CC2C1=O. The summed E-state index contributed by atoms with van der Waals surface area (Å²) in [5.41, 5.74) is 1.33. The van der Waals surface area contributed by atoms with Crippen molar-refractivity contribution >= 4 is 11.8 Å². The van der Waals surface area contributed by atoms with Crippen molar-refractivity contribution in [3.8, 4) is 0 Å². The molecule has 0 aromatic rings. The first-order valence-electron chi connectivity index (χ1n) is 5.37. The summed E-state index contributed by atoms with van der Waals surface area (Å²) in [6.07, 6.45) is 7.87. The molecule has 3 atom stereocenters. The van der Waals surface area contributed by atoms with E-state index in [0.29, 0.717) is 5.92 Å². The summed E-state index contributed by atoms with van der Waals surface area (Å²) in [4.78, 5) is 24.9. The maximum Gasteiger partial charge on any atom is 0.233 e. The predicted molar refractivity (Wildman–Crippen MR) is 54.7 cm³/mol. The van der Waals surface area contributed by atoms with Gasteiger partial charge in [-0.15, -0.1) is 0 Å². The van der Waals surface area contributed by atoms with Gasteiger partial charge in [0, 0.05) is 7.05 Å². The van der Waals surface area contributed by atoms with Gasteiger partial charge in [0.2, 0.25) is 11.8 Å². The lowest BCUT2D eigenvalue weighted by Gasteiger charge is -2.27. The van der Waals surface area contributed by atoms with Gasteiger partial charge in [-0.25, -0.2) is 0 Å². The summed E-state index contributed by atoms with van der Waals surface area (Å²) in [6.45, 7) is 0. The van der Waals surface area contributed by atoms with Crippen LogP contribution < -0.4 is 0 Å². The lowest BCUT2D eigenvalue weighted by molar-refractivity contribution is -0.138. The quantitative estimate of drug-likeness (QED) is 0.553. The van der Waals surface area contributed by atoms with Crippen LogP contribution in [0.1, 0.15) is 12.8 Å². The second-order valence-electron chi connectivity index (χ2n) is 4.62. The first kappa shape index (κ1) is 8.89. The van der Waals surface area contributed by atoms with E-state index in [9.17, 15) is 9.59 Å². The predicted octanol–water partition coefficient (Wildman–Crippen LogP) is 1.12. The monoisotopic (exact) mass is 203 g/mol. The molecule has 2 amide bonds. The molecule has 0 aromatic heterocycles. The fraction of sp³-hybridized carbons (Fsp3) is 0.500. The molecular formula is C12H13NO2. The number of hydrogen-bond donors (Lipinski definition) is 0. The van der Waals surface area contributed by atoms with Crippen molar-refractivity contribution in [3.05, 3.63) is 23.8 Å². The number of likely N-dealkylation sites (tertiary alicyclic amines) is 1. The van der Waals surface area contributed by atoms with Crippen LogP contribution in [-0.4, -0.2) is 23.8 Å². The fourth-order valence-corrected chi connectivity index (χ4v) is 2.98. The van der Waals surface area contributed by atoms with Gasteiger partial charge in [0.1, 0.15) is 0 Å².